The molecule has 8 nitrogen and oxygen atoms in total. The van der Waals surface area contributed by atoms with Crippen LogP contribution in [0.2, 0.25) is 0 Å². The summed E-state index contributed by atoms with van der Waals surface area (Å²) in [6.07, 6.45) is -0.195. The molecule has 2 rings (SSSR count). The van der Waals surface area contributed by atoms with Crippen LogP contribution in [0, 0.1) is 11.3 Å². The van der Waals surface area contributed by atoms with Crippen molar-refractivity contribution < 1.29 is 14.3 Å². The predicted molar refractivity (Wildman–Crippen MR) is 123 cm³/mol. The summed E-state index contributed by atoms with van der Waals surface area (Å²) in [4.78, 5) is 12.1. The van der Waals surface area contributed by atoms with Gasteiger partial charge in [0.2, 0.25) is 0 Å². The standard InChI is InChI=1S/C23H29N5O3/c1-5-20(11-12-24)31-23(29)26-15(2)17-7-6-8-18(13-17)27-16(3)28-19-9-10-21(25)22(14-19)30-4/h6-10,13-15,20,27-28H,3,5,11,25H2,1-2,4H3,(H,26,29)/t15-,20+/m0/s1. The first kappa shape index (κ1) is 23.4. The van der Waals surface area contributed by atoms with E-state index in [2.05, 4.69) is 22.5 Å². The molecular formula is C23H29N5O3. The number of nitrogen functional groups attached to an aromatic ring is 1. The highest BCUT2D eigenvalue weighted by atomic mass is 16.6. The van der Waals surface area contributed by atoms with E-state index in [1.165, 1.54) is 0 Å². The number of alkyl carbamates (subject to hydrolysis) is 1. The number of ether oxygens (including phenoxy) is 2. The maximum atomic E-state index is 12.1. The van der Waals surface area contributed by atoms with Crippen molar-refractivity contribution in [3.8, 4) is 11.8 Å². The van der Waals surface area contributed by atoms with Gasteiger partial charge in [-0.05, 0) is 43.2 Å². The second kappa shape index (κ2) is 11.4. The molecule has 1 amide bonds. The Morgan fingerprint density at radius 2 is 1.94 bits per heavy atom. The number of nitriles is 1. The molecule has 0 aromatic heterocycles. The van der Waals surface area contributed by atoms with Gasteiger partial charge in [0, 0.05) is 17.4 Å². The first-order chi connectivity index (χ1) is 14.9. The van der Waals surface area contributed by atoms with Crippen LogP contribution in [0.1, 0.15) is 38.3 Å². The van der Waals surface area contributed by atoms with Gasteiger partial charge in [-0.15, -0.1) is 0 Å². The first-order valence-corrected chi connectivity index (χ1v) is 9.96. The number of methoxy groups -OCH3 is 1. The zero-order chi connectivity index (χ0) is 22.8. The number of hydrogen-bond donors (Lipinski definition) is 4. The summed E-state index contributed by atoms with van der Waals surface area (Å²) >= 11 is 0. The summed E-state index contributed by atoms with van der Waals surface area (Å²) in [5.41, 5.74) is 8.86. The van der Waals surface area contributed by atoms with Gasteiger partial charge in [0.1, 0.15) is 17.7 Å². The summed E-state index contributed by atoms with van der Waals surface area (Å²) in [7, 11) is 1.56. The van der Waals surface area contributed by atoms with E-state index in [0.29, 0.717) is 23.7 Å². The maximum Gasteiger partial charge on any atom is 0.407 e. The number of carbonyl (C=O) groups excluding carboxylic acids is 1. The molecule has 0 aliphatic heterocycles. The average Bonchev–Trinajstić information content (AvgIpc) is 2.74. The van der Waals surface area contributed by atoms with Crippen LogP contribution in [-0.2, 0) is 4.74 Å². The molecule has 2 atom stereocenters. The summed E-state index contributed by atoms with van der Waals surface area (Å²) in [6, 6.07) is 14.7. The summed E-state index contributed by atoms with van der Waals surface area (Å²) in [5, 5.41) is 17.9. The monoisotopic (exact) mass is 423 g/mol. The van der Waals surface area contributed by atoms with E-state index in [1.54, 1.807) is 19.2 Å². The van der Waals surface area contributed by atoms with Gasteiger partial charge in [-0.3, -0.25) is 0 Å². The minimum Gasteiger partial charge on any atom is -0.495 e. The van der Waals surface area contributed by atoms with Crippen molar-refractivity contribution in [1.29, 1.82) is 5.26 Å². The van der Waals surface area contributed by atoms with Crippen molar-refractivity contribution in [2.45, 2.75) is 38.8 Å². The van der Waals surface area contributed by atoms with Crippen molar-refractivity contribution in [3.05, 3.63) is 60.4 Å². The van der Waals surface area contributed by atoms with Gasteiger partial charge >= 0.3 is 6.09 Å². The molecule has 5 N–H and O–H groups in total. The van der Waals surface area contributed by atoms with Crippen LogP contribution in [0.4, 0.5) is 21.9 Å². The SMILES string of the molecule is C=C(Nc1cccc([C@H](C)NC(=O)O[C@H](CC)CC#N)c1)Nc1ccc(N)c(OC)c1. The molecule has 0 saturated carbocycles. The van der Waals surface area contributed by atoms with Gasteiger partial charge in [0.25, 0.3) is 0 Å². The first-order valence-electron chi connectivity index (χ1n) is 9.96. The second-order valence-electron chi connectivity index (χ2n) is 6.97. The molecule has 164 valence electrons. The zero-order valence-electron chi connectivity index (χ0n) is 18.1. The Morgan fingerprint density at radius 3 is 2.58 bits per heavy atom. The Labute approximate surface area is 183 Å². The van der Waals surface area contributed by atoms with Crippen molar-refractivity contribution in [3.63, 3.8) is 0 Å². The summed E-state index contributed by atoms with van der Waals surface area (Å²) in [5.74, 6) is 1.14. The molecule has 2 aromatic carbocycles. The molecule has 0 heterocycles. The van der Waals surface area contributed by atoms with Gasteiger partial charge in [-0.2, -0.15) is 5.26 Å². The zero-order valence-corrected chi connectivity index (χ0v) is 18.1. The van der Waals surface area contributed by atoms with Crippen LogP contribution >= 0.6 is 0 Å². The molecule has 31 heavy (non-hydrogen) atoms. The van der Waals surface area contributed by atoms with Crippen LogP contribution in [0.15, 0.2) is 54.9 Å². The maximum absolute atomic E-state index is 12.1. The van der Waals surface area contributed by atoms with Gasteiger partial charge in [0.05, 0.1) is 31.3 Å². The highest BCUT2D eigenvalue weighted by Gasteiger charge is 2.15. The smallest absolute Gasteiger partial charge is 0.407 e. The lowest BCUT2D eigenvalue weighted by Crippen LogP contribution is -2.30. The molecule has 0 spiro atoms. The van der Waals surface area contributed by atoms with Crippen LogP contribution in [0.5, 0.6) is 5.75 Å². The van der Waals surface area contributed by atoms with E-state index >= 15 is 0 Å². The van der Waals surface area contributed by atoms with E-state index in [0.717, 1.165) is 16.9 Å². The summed E-state index contributed by atoms with van der Waals surface area (Å²) < 4.78 is 10.5. The van der Waals surface area contributed by atoms with E-state index in [9.17, 15) is 4.79 Å². The van der Waals surface area contributed by atoms with Crippen molar-refractivity contribution in [1.82, 2.24) is 5.32 Å². The third kappa shape index (κ3) is 7.16. The van der Waals surface area contributed by atoms with Gasteiger partial charge < -0.3 is 31.2 Å². The Hall–Kier alpha value is -3.86. The lowest BCUT2D eigenvalue weighted by Gasteiger charge is -2.19. The predicted octanol–water partition coefficient (Wildman–Crippen LogP) is 4.75. The largest absolute Gasteiger partial charge is 0.495 e. The minimum atomic E-state index is -0.545. The fourth-order valence-electron chi connectivity index (χ4n) is 2.87. The molecule has 2 aromatic rings. The lowest BCUT2D eigenvalue weighted by atomic mass is 10.1. The van der Waals surface area contributed by atoms with E-state index in [1.807, 2.05) is 50.2 Å². The van der Waals surface area contributed by atoms with Crippen LogP contribution in [0.3, 0.4) is 0 Å². The highest BCUT2D eigenvalue weighted by Crippen LogP contribution is 2.26. The average molecular weight is 424 g/mol. The molecule has 0 bridgehead atoms. The topological polar surface area (TPSA) is 121 Å². The fraction of sp³-hybridized carbons (Fsp3) is 0.304. The van der Waals surface area contributed by atoms with E-state index in [4.69, 9.17) is 20.5 Å². The number of carbonyl (C=O) groups is 1. The Bertz CT molecular complexity index is 954. The number of nitrogens with two attached hydrogens (primary N) is 1. The molecule has 0 aliphatic carbocycles. The van der Waals surface area contributed by atoms with Crippen molar-refractivity contribution >= 4 is 23.2 Å². The van der Waals surface area contributed by atoms with Gasteiger partial charge in [-0.1, -0.05) is 25.6 Å². The van der Waals surface area contributed by atoms with Crippen molar-refractivity contribution in [2.24, 2.45) is 0 Å². The number of rotatable bonds is 10. The Kier molecular flexibility index (Phi) is 8.58. The number of nitrogens with zero attached hydrogens (tertiary/aromatic N) is 1. The number of nitrogens with one attached hydrogen (secondary N) is 3. The second-order valence-corrected chi connectivity index (χ2v) is 6.97. The normalized spacial score (nSPS) is 12.1. The van der Waals surface area contributed by atoms with E-state index < -0.39 is 12.2 Å². The molecule has 8 heteroatoms. The van der Waals surface area contributed by atoms with Gasteiger partial charge in [-0.25, -0.2) is 4.79 Å². The molecule has 0 saturated heterocycles. The molecule has 0 fully saturated rings. The number of anilines is 3. The Balaban J connectivity index is 1.97. The third-order valence-electron chi connectivity index (χ3n) is 4.59. The highest BCUT2D eigenvalue weighted by molar-refractivity contribution is 5.68. The van der Waals surface area contributed by atoms with Crippen molar-refractivity contribution in [2.75, 3.05) is 23.5 Å². The number of amides is 1. The molecule has 0 radical (unpaired) electrons. The van der Waals surface area contributed by atoms with Gasteiger partial charge in [0.15, 0.2) is 0 Å². The molecule has 0 aliphatic rings. The quantitative estimate of drug-likeness (QED) is 0.407. The van der Waals surface area contributed by atoms with Crippen LogP contribution < -0.4 is 26.4 Å². The minimum absolute atomic E-state index is 0.173. The summed E-state index contributed by atoms with van der Waals surface area (Å²) in [6.45, 7) is 7.73. The number of benzene rings is 2. The third-order valence-corrected chi connectivity index (χ3v) is 4.59. The Morgan fingerprint density at radius 1 is 1.23 bits per heavy atom. The molecule has 0 unspecified atom stereocenters. The van der Waals surface area contributed by atoms with Crippen LogP contribution in [0.25, 0.3) is 0 Å². The molecular weight excluding hydrogens is 394 g/mol. The van der Waals surface area contributed by atoms with E-state index in [-0.39, 0.29) is 12.5 Å². The number of hydrogen-bond acceptors (Lipinski definition) is 7. The fourth-order valence-corrected chi connectivity index (χ4v) is 2.87. The van der Waals surface area contributed by atoms with Crippen LogP contribution in [-0.4, -0.2) is 19.3 Å². The lowest BCUT2D eigenvalue weighted by molar-refractivity contribution is 0.0950.